The molecule has 0 bridgehead atoms. The summed E-state index contributed by atoms with van der Waals surface area (Å²) in [6.07, 6.45) is 7.03. The van der Waals surface area contributed by atoms with Gasteiger partial charge in [0.25, 0.3) is 0 Å². The van der Waals surface area contributed by atoms with E-state index in [1.807, 2.05) is 13.0 Å². The van der Waals surface area contributed by atoms with Gasteiger partial charge in [-0.15, -0.1) is 21.5 Å². The SMILES string of the molecule is C[C@@H](Sc1nnc(-c2cccs2)n1C1CC1)C(=O)NC1CCCC1. The van der Waals surface area contributed by atoms with Crippen LogP contribution in [0.1, 0.15) is 51.5 Å². The van der Waals surface area contributed by atoms with Gasteiger partial charge in [-0.2, -0.15) is 0 Å². The minimum absolute atomic E-state index is 0.120. The number of rotatable bonds is 6. The van der Waals surface area contributed by atoms with E-state index in [0.717, 1.165) is 28.7 Å². The fourth-order valence-electron chi connectivity index (χ4n) is 3.19. The summed E-state index contributed by atoms with van der Waals surface area (Å²) >= 11 is 3.21. The average Bonchev–Trinajstić information content (AvgIpc) is 3.01. The zero-order chi connectivity index (χ0) is 16.5. The lowest BCUT2D eigenvalue weighted by Gasteiger charge is -2.16. The van der Waals surface area contributed by atoms with E-state index in [1.165, 1.54) is 37.4 Å². The summed E-state index contributed by atoms with van der Waals surface area (Å²) < 4.78 is 2.23. The van der Waals surface area contributed by atoms with Crippen molar-refractivity contribution in [1.82, 2.24) is 20.1 Å². The van der Waals surface area contributed by atoms with Crippen molar-refractivity contribution < 1.29 is 4.79 Å². The molecule has 0 aliphatic heterocycles. The van der Waals surface area contributed by atoms with Crippen LogP contribution >= 0.6 is 23.1 Å². The quantitative estimate of drug-likeness (QED) is 0.792. The van der Waals surface area contributed by atoms with E-state index in [9.17, 15) is 4.79 Å². The van der Waals surface area contributed by atoms with Crippen LogP contribution in [0.15, 0.2) is 22.7 Å². The molecule has 2 aliphatic carbocycles. The molecular weight excluding hydrogens is 340 g/mol. The monoisotopic (exact) mass is 362 g/mol. The molecule has 2 aliphatic rings. The van der Waals surface area contributed by atoms with E-state index in [0.29, 0.717) is 12.1 Å². The zero-order valence-electron chi connectivity index (χ0n) is 13.8. The predicted octanol–water partition coefficient (Wildman–Crippen LogP) is 3.88. The summed E-state index contributed by atoms with van der Waals surface area (Å²) in [7, 11) is 0. The number of carbonyl (C=O) groups excluding carboxylic acids is 1. The molecule has 1 amide bonds. The van der Waals surface area contributed by atoms with Crippen molar-refractivity contribution >= 4 is 29.0 Å². The number of thiophene rings is 1. The molecule has 1 N–H and O–H groups in total. The van der Waals surface area contributed by atoms with Gasteiger partial charge in [0.05, 0.1) is 10.1 Å². The van der Waals surface area contributed by atoms with Gasteiger partial charge in [-0.25, -0.2) is 0 Å². The van der Waals surface area contributed by atoms with Gasteiger partial charge in [0.1, 0.15) is 0 Å². The Morgan fingerprint density at radius 1 is 1.33 bits per heavy atom. The molecule has 7 heteroatoms. The van der Waals surface area contributed by atoms with E-state index in [2.05, 4.69) is 31.5 Å². The van der Waals surface area contributed by atoms with Crippen molar-refractivity contribution in [1.29, 1.82) is 0 Å². The van der Waals surface area contributed by atoms with Crippen LogP contribution in [0.3, 0.4) is 0 Å². The second-order valence-corrected chi connectivity index (χ2v) is 8.89. The topological polar surface area (TPSA) is 59.8 Å². The van der Waals surface area contributed by atoms with E-state index >= 15 is 0 Å². The Morgan fingerprint density at radius 3 is 2.79 bits per heavy atom. The first-order valence-electron chi connectivity index (χ1n) is 8.68. The van der Waals surface area contributed by atoms with Crippen LogP contribution < -0.4 is 5.32 Å². The Morgan fingerprint density at radius 2 is 2.12 bits per heavy atom. The lowest BCUT2D eigenvalue weighted by molar-refractivity contribution is -0.120. The van der Waals surface area contributed by atoms with Crippen molar-refractivity contribution in [3.05, 3.63) is 17.5 Å². The van der Waals surface area contributed by atoms with Crippen LogP contribution in [0.4, 0.5) is 0 Å². The van der Waals surface area contributed by atoms with E-state index in [4.69, 9.17) is 0 Å². The molecule has 24 heavy (non-hydrogen) atoms. The highest BCUT2D eigenvalue weighted by molar-refractivity contribution is 8.00. The van der Waals surface area contributed by atoms with Crippen LogP contribution in [0.2, 0.25) is 0 Å². The fraction of sp³-hybridized carbons (Fsp3) is 0.588. The Hall–Kier alpha value is -1.34. The van der Waals surface area contributed by atoms with Crippen molar-refractivity contribution in [2.45, 2.75) is 67.9 Å². The maximum Gasteiger partial charge on any atom is 0.233 e. The van der Waals surface area contributed by atoms with Gasteiger partial charge in [0.2, 0.25) is 5.91 Å². The molecule has 2 heterocycles. The average molecular weight is 363 g/mol. The van der Waals surface area contributed by atoms with Crippen LogP contribution in [0.25, 0.3) is 10.7 Å². The molecule has 5 nitrogen and oxygen atoms in total. The Balaban J connectivity index is 1.48. The fourth-order valence-corrected chi connectivity index (χ4v) is 4.83. The number of thioether (sulfide) groups is 1. The molecule has 0 aromatic carbocycles. The third-order valence-electron chi connectivity index (χ3n) is 4.67. The normalized spacial score (nSPS) is 19.5. The lowest BCUT2D eigenvalue weighted by atomic mass is 10.2. The number of aromatic nitrogens is 3. The largest absolute Gasteiger partial charge is 0.352 e. The van der Waals surface area contributed by atoms with Gasteiger partial charge in [0.15, 0.2) is 11.0 Å². The second kappa shape index (κ2) is 6.88. The molecule has 4 rings (SSSR count). The highest BCUT2D eigenvalue weighted by atomic mass is 32.2. The van der Waals surface area contributed by atoms with Crippen molar-refractivity contribution in [3.8, 4) is 10.7 Å². The minimum atomic E-state index is -0.150. The summed E-state index contributed by atoms with van der Waals surface area (Å²) in [5, 5.41) is 14.8. The van der Waals surface area contributed by atoms with Gasteiger partial charge in [-0.3, -0.25) is 9.36 Å². The van der Waals surface area contributed by atoms with Crippen molar-refractivity contribution in [2.24, 2.45) is 0 Å². The third kappa shape index (κ3) is 3.37. The molecular formula is C17H22N4OS2. The lowest BCUT2D eigenvalue weighted by Crippen LogP contribution is -2.37. The summed E-state index contributed by atoms with van der Waals surface area (Å²) in [6.45, 7) is 1.96. The molecule has 2 aromatic rings. The van der Waals surface area contributed by atoms with Crippen molar-refractivity contribution in [3.63, 3.8) is 0 Å². The number of nitrogens with zero attached hydrogens (tertiary/aromatic N) is 3. The van der Waals surface area contributed by atoms with E-state index in [-0.39, 0.29) is 11.2 Å². The smallest absolute Gasteiger partial charge is 0.233 e. The molecule has 0 spiro atoms. The molecule has 1 atom stereocenters. The van der Waals surface area contributed by atoms with E-state index < -0.39 is 0 Å². The summed E-state index contributed by atoms with van der Waals surface area (Å²) in [6, 6.07) is 4.97. The van der Waals surface area contributed by atoms with Crippen molar-refractivity contribution in [2.75, 3.05) is 0 Å². The first kappa shape index (κ1) is 16.1. The highest BCUT2D eigenvalue weighted by Crippen LogP contribution is 2.42. The predicted molar refractivity (Wildman–Crippen MR) is 97.3 cm³/mol. The number of hydrogen-bond donors (Lipinski definition) is 1. The highest BCUT2D eigenvalue weighted by Gasteiger charge is 2.32. The summed E-state index contributed by atoms with van der Waals surface area (Å²) in [5.74, 6) is 1.06. The van der Waals surface area contributed by atoms with Gasteiger partial charge in [0, 0.05) is 12.1 Å². The number of amides is 1. The molecule has 0 unspecified atom stereocenters. The standard InChI is InChI=1S/C17H22N4OS2/c1-11(16(22)18-12-5-2-3-6-12)24-17-20-19-15(14-7-4-10-23-14)21(17)13-8-9-13/h4,7,10-13H,2-3,5-6,8-9H2,1H3,(H,18,22)/t11-/m1/s1. The van der Waals surface area contributed by atoms with Gasteiger partial charge in [-0.05, 0) is 44.1 Å². The number of hydrogen-bond acceptors (Lipinski definition) is 5. The minimum Gasteiger partial charge on any atom is -0.352 e. The number of carbonyl (C=O) groups is 1. The first-order chi connectivity index (χ1) is 11.7. The van der Waals surface area contributed by atoms with Crippen LogP contribution in [0, 0.1) is 0 Å². The zero-order valence-corrected chi connectivity index (χ0v) is 15.4. The van der Waals surface area contributed by atoms with Gasteiger partial charge >= 0.3 is 0 Å². The van der Waals surface area contributed by atoms with Crippen LogP contribution in [-0.2, 0) is 4.79 Å². The third-order valence-corrected chi connectivity index (χ3v) is 6.59. The second-order valence-electron chi connectivity index (χ2n) is 6.63. The Bertz CT molecular complexity index is 702. The Kier molecular flexibility index (Phi) is 4.63. The molecule has 128 valence electrons. The maximum absolute atomic E-state index is 12.4. The van der Waals surface area contributed by atoms with E-state index in [1.54, 1.807) is 11.3 Å². The van der Waals surface area contributed by atoms with Crippen LogP contribution in [0.5, 0.6) is 0 Å². The van der Waals surface area contributed by atoms with Crippen LogP contribution in [-0.4, -0.2) is 32.0 Å². The molecule has 2 saturated carbocycles. The number of nitrogens with one attached hydrogen (secondary N) is 1. The molecule has 0 saturated heterocycles. The van der Waals surface area contributed by atoms with Gasteiger partial charge < -0.3 is 5.32 Å². The molecule has 2 aromatic heterocycles. The molecule has 0 radical (unpaired) electrons. The molecule has 2 fully saturated rings. The Labute approximate surface area is 150 Å². The summed E-state index contributed by atoms with van der Waals surface area (Å²) in [4.78, 5) is 13.6. The maximum atomic E-state index is 12.4. The summed E-state index contributed by atoms with van der Waals surface area (Å²) in [5.41, 5.74) is 0. The first-order valence-corrected chi connectivity index (χ1v) is 10.4. The van der Waals surface area contributed by atoms with Gasteiger partial charge in [-0.1, -0.05) is 30.7 Å².